The molecule has 2 rings (SSSR count). The normalized spacial score (nSPS) is 17.9. The minimum atomic E-state index is -2.75. The number of likely N-dealkylation sites (tertiary alicyclic amines) is 1. The zero-order valence-corrected chi connectivity index (χ0v) is 13.4. The first-order valence-corrected chi connectivity index (χ1v) is 7.95. The van der Waals surface area contributed by atoms with Crippen molar-refractivity contribution in [1.29, 1.82) is 0 Å². The van der Waals surface area contributed by atoms with Gasteiger partial charge in [-0.25, -0.2) is 13.2 Å². The molecule has 0 aromatic heterocycles. The van der Waals surface area contributed by atoms with E-state index in [1.807, 2.05) is 13.8 Å². The first kappa shape index (κ1) is 17.8. The molecule has 23 heavy (non-hydrogen) atoms. The van der Waals surface area contributed by atoms with Crippen LogP contribution in [0, 0.1) is 17.7 Å². The summed E-state index contributed by atoms with van der Waals surface area (Å²) in [6.07, 6.45) is -1.64. The van der Waals surface area contributed by atoms with Gasteiger partial charge in [0, 0.05) is 6.54 Å². The summed E-state index contributed by atoms with van der Waals surface area (Å²) in [5.74, 6) is -1.15. The molecule has 1 saturated heterocycles. The van der Waals surface area contributed by atoms with Crippen molar-refractivity contribution in [3.63, 3.8) is 0 Å². The van der Waals surface area contributed by atoms with Gasteiger partial charge in [0.15, 0.2) is 0 Å². The van der Waals surface area contributed by atoms with Gasteiger partial charge in [-0.1, -0.05) is 26.0 Å². The predicted molar refractivity (Wildman–Crippen MR) is 82.7 cm³/mol. The van der Waals surface area contributed by atoms with Crippen LogP contribution >= 0.6 is 0 Å². The first-order valence-electron chi connectivity index (χ1n) is 7.95. The summed E-state index contributed by atoms with van der Waals surface area (Å²) in [6, 6.07) is 3.40. The average Bonchev–Trinajstić information content (AvgIpc) is 2.43. The Morgan fingerprint density at radius 2 is 1.83 bits per heavy atom. The fraction of sp³-hybridized carbons (Fsp3) is 0.588. The van der Waals surface area contributed by atoms with Crippen molar-refractivity contribution in [3.8, 4) is 0 Å². The van der Waals surface area contributed by atoms with Gasteiger partial charge in [0.1, 0.15) is 11.9 Å². The van der Waals surface area contributed by atoms with Crippen molar-refractivity contribution in [3.05, 3.63) is 35.6 Å². The average molecular weight is 328 g/mol. The van der Waals surface area contributed by atoms with Crippen LogP contribution in [0.25, 0.3) is 0 Å². The first-order chi connectivity index (χ1) is 10.9. The molecule has 2 atom stereocenters. The third-order valence-corrected chi connectivity index (χ3v) is 4.32. The molecule has 0 bridgehead atoms. The molecule has 1 fully saturated rings. The van der Waals surface area contributed by atoms with E-state index in [0.29, 0.717) is 6.54 Å². The van der Waals surface area contributed by atoms with Crippen LogP contribution in [-0.4, -0.2) is 36.9 Å². The Morgan fingerprint density at radius 1 is 1.22 bits per heavy atom. The van der Waals surface area contributed by atoms with E-state index in [-0.39, 0.29) is 23.3 Å². The molecule has 1 aliphatic heterocycles. The topological polar surface area (TPSA) is 32.3 Å². The fourth-order valence-corrected chi connectivity index (χ4v) is 2.66. The molecule has 0 aliphatic carbocycles. The molecule has 128 valence electrons. The van der Waals surface area contributed by atoms with Crippen LogP contribution in [0.15, 0.2) is 24.3 Å². The highest BCUT2D eigenvalue weighted by atomic mass is 19.3. The fourth-order valence-electron chi connectivity index (χ4n) is 2.66. The second-order valence-corrected chi connectivity index (χ2v) is 6.38. The van der Waals surface area contributed by atoms with Crippen molar-refractivity contribution in [1.82, 2.24) is 10.2 Å². The lowest BCUT2D eigenvalue weighted by Gasteiger charge is -2.35. The predicted octanol–water partition coefficient (Wildman–Crippen LogP) is 3.23. The quantitative estimate of drug-likeness (QED) is 0.833. The number of carbonyl (C=O) groups excluding carboxylic acids is 1. The molecule has 1 amide bonds. The van der Waals surface area contributed by atoms with Crippen LogP contribution in [0.2, 0.25) is 0 Å². The van der Waals surface area contributed by atoms with Gasteiger partial charge in [-0.3, -0.25) is 4.79 Å². The number of nitrogens with one attached hydrogen (secondary N) is 1. The molecule has 3 nitrogen and oxygen atoms in total. The molecule has 1 aliphatic rings. The molecule has 6 heteroatoms. The second kappa shape index (κ2) is 7.81. The lowest BCUT2D eigenvalue weighted by molar-refractivity contribution is -0.129. The van der Waals surface area contributed by atoms with E-state index >= 15 is 0 Å². The van der Waals surface area contributed by atoms with Crippen molar-refractivity contribution < 1.29 is 18.0 Å². The SMILES string of the molecule is CC(C)[C@@H](CN1CCC1)C(=O)NC(c1ccc(F)cc1)C(F)F. The van der Waals surface area contributed by atoms with Crippen LogP contribution in [0.1, 0.15) is 31.9 Å². The number of rotatable bonds is 7. The van der Waals surface area contributed by atoms with Crippen LogP contribution < -0.4 is 5.32 Å². The Hall–Kier alpha value is -1.56. The zero-order valence-electron chi connectivity index (χ0n) is 13.4. The maximum absolute atomic E-state index is 13.3. The summed E-state index contributed by atoms with van der Waals surface area (Å²) < 4.78 is 39.6. The van der Waals surface area contributed by atoms with E-state index in [2.05, 4.69) is 10.2 Å². The van der Waals surface area contributed by atoms with Gasteiger partial charge in [0.2, 0.25) is 5.91 Å². The second-order valence-electron chi connectivity index (χ2n) is 6.38. The van der Waals surface area contributed by atoms with E-state index in [4.69, 9.17) is 0 Å². The van der Waals surface area contributed by atoms with Crippen LogP contribution in [0.3, 0.4) is 0 Å². The van der Waals surface area contributed by atoms with Crippen molar-refractivity contribution in [2.75, 3.05) is 19.6 Å². The van der Waals surface area contributed by atoms with Gasteiger partial charge >= 0.3 is 0 Å². The van der Waals surface area contributed by atoms with Crippen LogP contribution in [0.5, 0.6) is 0 Å². The Morgan fingerprint density at radius 3 is 2.26 bits per heavy atom. The highest BCUT2D eigenvalue weighted by Gasteiger charge is 2.31. The number of benzene rings is 1. The Kier molecular flexibility index (Phi) is 6.04. The molecule has 1 N–H and O–H groups in total. The Balaban J connectivity index is 2.07. The van der Waals surface area contributed by atoms with Crippen molar-refractivity contribution in [2.45, 2.75) is 32.7 Å². The largest absolute Gasteiger partial charge is 0.343 e. The number of hydrogen-bond donors (Lipinski definition) is 1. The smallest absolute Gasteiger partial charge is 0.262 e. The van der Waals surface area contributed by atoms with Gasteiger partial charge in [-0.05, 0) is 43.1 Å². The van der Waals surface area contributed by atoms with Crippen molar-refractivity contribution in [2.24, 2.45) is 11.8 Å². The van der Waals surface area contributed by atoms with Crippen molar-refractivity contribution >= 4 is 5.91 Å². The molecule has 1 aromatic rings. The molecule has 1 aromatic carbocycles. The molecule has 1 unspecified atom stereocenters. The lowest BCUT2D eigenvalue weighted by atomic mass is 9.92. The molecular weight excluding hydrogens is 305 g/mol. The maximum atomic E-state index is 13.3. The summed E-state index contributed by atoms with van der Waals surface area (Å²) in [5.41, 5.74) is 0.209. The van der Waals surface area contributed by atoms with E-state index in [1.165, 1.54) is 12.1 Å². The van der Waals surface area contributed by atoms with Gasteiger partial charge in [-0.2, -0.15) is 0 Å². The lowest BCUT2D eigenvalue weighted by Crippen LogP contribution is -2.47. The van der Waals surface area contributed by atoms with Gasteiger partial charge in [0.25, 0.3) is 6.43 Å². The summed E-state index contributed by atoms with van der Waals surface area (Å²) in [7, 11) is 0. The Bertz CT molecular complexity index is 515. The van der Waals surface area contributed by atoms with Crippen LogP contribution in [-0.2, 0) is 4.79 Å². The highest BCUT2D eigenvalue weighted by molar-refractivity contribution is 5.79. The van der Waals surface area contributed by atoms with E-state index in [9.17, 15) is 18.0 Å². The molecular formula is C17H23F3N2O. The van der Waals surface area contributed by atoms with E-state index in [1.54, 1.807) is 0 Å². The molecule has 0 spiro atoms. The number of alkyl halides is 2. The van der Waals surface area contributed by atoms with Crippen LogP contribution in [0.4, 0.5) is 13.2 Å². The maximum Gasteiger partial charge on any atom is 0.262 e. The number of nitrogens with zero attached hydrogens (tertiary/aromatic N) is 1. The zero-order chi connectivity index (χ0) is 17.0. The summed E-state index contributed by atoms with van der Waals surface area (Å²) in [5, 5.41) is 2.45. The number of carbonyl (C=O) groups is 1. The Labute approximate surface area is 134 Å². The molecule has 0 radical (unpaired) electrons. The molecule has 1 heterocycles. The van der Waals surface area contributed by atoms with E-state index in [0.717, 1.165) is 31.6 Å². The highest BCUT2D eigenvalue weighted by Crippen LogP contribution is 2.23. The van der Waals surface area contributed by atoms with Gasteiger partial charge < -0.3 is 10.2 Å². The number of halogens is 3. The molecule has 0 saturated carbocycles. The standard InChI is InChI=1S/C17H23F3N2O/c1-11(2)14(10-22-8-3-9-22)17(23)21-15(16(19)20)12-4-6-13(18)7-5-12/h4-7,11,14-16H,3,8-10H2,1-2H3,(H,21,23)/t14-,15?/m1/s1. The third kappa shape index (κ3) is 4.70. The van der Waals surface area contributed by atoms with Gasteiger partial charge in [-0.15, -0.1) is 0 Å². The monoisotopic (exact) mass is 328 g/mol. The minimum Gasteiger partial charge on any atom is -0.343 e. The summed E-state index contributed by atoms with van der Waals surface area (Å²) in [4.78, 5) is 14.6. The third-order valence-electron chi connectivity index (χ3n) is 4.32. The number of hydrogen-bond acceptors (Lipinski definition) is 2. The summed E-state index contributed by atoms with van der Waals surface area (Å²) in [6.45, 7) is 6.32. The van der Waals surface area contributed by atoms with Gasteiger partial charge in [0.05, 0.1) is 5.92 Å². The minimum absolute atomic E-state index is 0.0575. The summed E-state index contributed by atoms with van der Waals surface area (Å²) >= 11 is 0. The van der Waals surface area contributed by atoms with E-state index < -0.39 is 18.3 Å². The number of amides is 1.